The van der Waals surface area contributed by atoms with Gasteiger partial charge in [0.1, 0.15) is 0 Å². The Morgan fingerprint density at radius 2 is 2.05 bits per heavy atom. The molecule has 0 spiro atoms. The maximum absolute atomic E-state index is 12.2. The number of aliphatic hydroxyl groups is 1. The van der Waals surface area contributed by atoms with Gasteiger partial charge in [0.05, 0.1) is 17.6 Å². The summed E-state index contributed by atoms with van der Waals surface area (Å²) in [6, 6.07) is 7.67. The quantitative estimate of drug-likeness (QED) is 0.895. The molecule has 0 saturated carbocycles. The Morgan fingerprint density at radius 1 is 1.38 bits per heavy atom. The first kappa shape index (κ1) is 16.0. The third kappa shape index (κ3) is 4.29. The molecule has 1 heterocycles. The van der Waals surface area contributed by atoms with Crippen molar-refractivity contribution in [3.8, 4) is 0 Å². The molecule has 0 radical (unpaired) electrons. The number of hydrogen-bond acceptors (Lipinski definition) is 3. The minimum absolute atomic E-state index is 0.00341. The van der Waals surface area contributed by atoms with Crippen LogP contribution in [0.25, 0.3) is 0 Å². The summed E-state index contributed by atoms with van der Waals surface area (Å²) in [5, 5.41) is 12.9. The highest BCUT2D eigenvalue weighted by Crippen LogP contribution is 2.21. The lowest BCUT2D eigenvalue weighted by atomic mass is 9.94. The van der Waals surface area contributed by atoms with Crippen LogP contribution in [0.15, 0.2) is 24.3 Å². The van der Waals surface area contributed by atoms with Crippen molar-refractivity contribution in [3.05, 3.63) is 35.4 Å². The molecular formula is C17H25NO3. The summed E-state index contributed by atoms with van der Waals surface area (Å²) in [6.07, 6.45) is 1.84. The second-order valence-corrected chi connectivity index (χ2v) is 6.30. The zero-order valence-electron chi connectivity index (χ0n) is 13.1. The van der Waals surface area contributed by atoms with Crippen LogP contribution in [0.3, 0.4) is 0 Å². The Morgan fingerprint density at radius 3 is 2.62 bits per heavy atom. The van der Waals surface area contributed by atoms with Crippen LogP contribution < -0.4 is 5.32 Å². The van der Waals surface area contributed by atoms with Gasteiger partial charge in [-0.1, -0.05) is 24.3 Å². The van der Waals surface area contributed by atoms with Crippen LogP contribution in [0.1, 0.15) is 44.7 Å². The van der Waals surface area contributed by atoms with Crippen molar-refractivity contribution in [2.45, 2.75) is 51.9 Å². The smallest absolute Gasteiger partial charge is 0.225 e. The number of benzene rings is 1. The minimum Gasteiger partial charge on any atom is -0.386 e. The number of carbonyl (C=O) groups is 1. The van der Waals surface area contributed by atoms with Gasteiger partial charge < -0.3 is 15.2 Å². The molecule has 0 unspecified atom stereocenters. The van der Waals surface area contributed by atoms with E-state index >= 15 is 0 Å². The van der Waals surface area contributed by atoms with E-state index in [1.165, 1.54) is 0 Å². The molecular weight excluding hydrogens is 266 g/mol. The van der Waals surface area contributed by atoms with Gasteiger partial charge in [-0.2, -0.15) is 0 Å². The number of rotatable bonds is 4. The first-order chi connectivity index (χ1) is 9.88. The van der Waals surface area contributed by atoms with E-state index in [0.29, 0.717) is 6.54 Å². The molecule has 4 heteroatoms. The second-order valence-electron chi connectivity index (χ2n) is 6.30. The normalized spacial score (nSPS) is 22.9. The monoisotopic (exact) mass is 291 g/mol. The van der Waals surface area contributed by atoms with E-state index in [2.05, 4.69) is 5.32 Å². The Balaban J connectivity index is 1.89. The molecule has 1 aromatic carbocycles. The zero-order valence-corrected chi connectivity index (χ0v) is 13.1. The van der Waals surface area contributed by atoms with Crippen molar-refractivity contribution >= 4 is 5.91 Å². The third-order valence-corrected chi connectivity index (χ3v) is 4.07. The fraction of sp³-hybridized carbons (Fsp3) is 0.588. The molecule has 1 aliphatic rings. The van der Waals surface area contributed by atoms with E-state index in [4.69, 9.17) is 4.74 Å². The van der Waals surface area contributed by atoms with Crippen LogP contribution in [-0.4, -0.2) is 23.7 Å². The van der Waals surface area contributed by atoms with Gasteiger partial charge in [0, 0.05) is 13.2 Å². The van der Waals surface area contributed by atoms with Gasteiger partial charge in [-0.05, 0) is 44.7 Å². The largest absolute Gasteiger partial charge is 0.386 e. The highest BCUT2D eigenvalue weighted by molar-refractivity contribution is 5.79. The average molecular weight is 291 g/mol. The van der Waals surface area contributed by atoms with Crippen LogP contribution >= 0.6 is 0 Å². The van der Waals surface area contributed by atoms with Gasteiger partial charge >= 0.3 is 0 Å². The molecule has 2 atom stereocenters. The van der Waals surface area contributed by atoms with Crippen LogP contribution in [0.2, 0.25) is 0 Å². The number of nitrogens with one attached hydrogen (secondary N) is 1. The maximum atomic E-state index is 12.2. The van der Waals surface area contributed by atoms with E-state index < -0.39 is 5.60 Å². The molecule has 1 saturated heterocycles. The molecule has 0 aromatic heterocycles. The standard InChI is InChI=1S/C17H25NO3/c1-12-15(5-4-10-21-12)16(19)18-11-13-6-8-14(9-7-13)17(2,3)20/h6-9,12,15,20H,4-5,10-11H2,1-3H3,(H,18,19)/t12-,15-/m0/s1. The highest BCUT2D eigenvalue weighted by Gasteiger charge is 2.28. The molecule has 4 nitrogen and oxygen atoms in total. The van der Waals surface area contributed by atoms with Gasteiger partial charge in [-0.25, -0.2) is 0 Å². The first-order valence-electron chi connectivity index (χ1n) is 7.59. The van der Waals surface area contributed by atoms with Crippen molar-refractivity contribution < 1.29 is 14.6 Å². The van der Waals surface area contributed by atoms with E-state index in [-0.39, 0.29) is 17.9 Å². The lowest BCUT2D eigenvalue weighted by molar-refractivity contribution is -0.133. The van der Waals surface area contributed by atoms with Crippen molar-refractivity contribution in [2.75, 3.05) is 6.61 Å². The topological polar surface area (TPSA) is 58.6 Å². The fourth-order valence-electron chi connectivity index (χ4n) is 2.62. The lowest BCUT2D eigenvalue weighted by Gasteiger charge is -2.28. The van der Waals surface area contributed by atoms with Crippen LogP contribution in [0.5, 0.6) is 0 Å². The minimum atomic E-state index is -0.837. The molecule has 116 valence electrons. The van der Waals surface area contributed by atoms with E-state index in [9.17, 15) is 9.90 Å². The van der Waals surface area contributed by atoms with E-state index in [1.54, 1.807) is 13.8 Å². The van der Waals surface area contributed by atoms with E-state index in [0.717, 1.165) is 30.6 Å². The molecule has 0 aliphatic carbocycles. The summed E-state index contributed by atoms with van der Waals surface area (Å²) in [4.78, 5) is 12.2. The average Bonchev–Trinajstić information content (AvgIpc) is 2.45. The summed E-state index contributed by atoms with van der Waals surface area (Å²) < 4.78 is 5.53. The van der Waals surface area contributed by atoms with Crippen LogP contribution in [-0.2, 0) is 21.7 Å². The highest BCUT2D eigenvalue weighted by atomic mass is 16.5. The van der Waals surface area contributed by atoms with Gasteiger partial charge in [-0.3, -0.25) is 4.79 Å². The van der Waals surface area contributed by atoms with Gasteiger partial charge in [0.15, 0.2) is 0 Å². The van der Waals surface area contributed by atoms with Gasteiger partial charge in [-0.15, -0.1) is 0 Å². The van der Waals surface area contributed by atoms with Crippen molar-refractivity contribution in [1.82, 2.24) is 5.32 Å². The summed E-state index contributed by atoms with van der Waals surface area (Å²) >= 11 is 0. The van der Waals surface area contributed by atoms with Gasteiger partial charge in [0.2, 0.25) is 5.91 Å². The molecule has 1 aromatic rings. The number of carbonyl (C=O) groups excluding carboxylic acids is 1. The molecule has 0 bridgehead atoms. The van der Waals surface area contributed by atoms with Crippen molar-refractivity contribution in [1.29, 1.82) is 0 Å². The molecule has 1 amide bonds. The molecule has 2 N–H and O–H groups in total. The van der Waals surface area contributed by atoms with Gasteiger partial charge in [0.25, 0.3) is 0 Å². The predicted molar refractivity (Wildman–Crippen MR) is 81.7 cm³/mol. The second kappa shape index (κ2) is 6.58. The zero-order chi connectivity index (χ0) is 15.5. The molecule has 1 aliphatic heterocycles. The summed E-state index contributed by atoms with van der Waals surface area (Å²) in [6.45, 7) is 6.74. The molecule has 21 heavy (non-hydrogen) atoms. The predicted octanol–water partition coefficient (Wildman–Crippen LogP) is 2.35. The number of ether oxygens (including phenoxy) is 1. The van der Waals surface area contributed by atoms with Crippen molar-refractivity contribution in [3.63, 3.8) is 0 Å². The Bertz CT molecular complexity index is 476. The number of hydrogen-bond donors (Lipinski definition) is 2. The fourth-order valence-corrected chi connectivity index (χ4v) is 2.62. The van der Waals surface area contributed by atoms with Crippen LogP contribution in [0, 0.1) is 5.92 Å². The Kier molecular flexibility index (Phi) is 5.01. The Labute approximate surface area is 126 Å². The Hall–Kier alpha value is -1.39. The van der Waals surface area contributed by atoms with E-state index in [1.807, 2.05) is 31.2 Å². The molecule has 1 fully saturated rings. The van der Waals surface area contributed by atoms with Crippen LogP contribution in [0.4, 0.5) is 0 Å². The number of amides is 1. The third-order valence-electron chi connectivity index (χ3n) is 4.07. The first-order valence-corrected chi connectivity index (χ1v) is 7.59. The lowest BCUT2D eigenvalue weighted by Crippen LogP contribution is -2.39. The SMILES string of the molecule is C[C@@H]1OCCC[C@@H]1C(=O)NCc1ccc(C(C)(C)O)cc1. The maximum Gasteiger partial charge on any atom is 0.225 e. The summed E-state index contributed by atoms with van der Waals surface area (Å²) in [5.74, 6) is 0.0168. The molecule has 2 rings (SSSR count). The van der Waals surface area contributed by atoms with Crippen molar-refractivity contribution in [2.24, 2.45) is 5.92 Å². The summed E-state index contributed by atoms with van der Waals surface area (Å²) in [5.41, 5.74) is 1.06. The summed E-state index contributed by atoms with van der Waals surface area (Å²) in [7, 11) is 0.